The summed E-state index contributed by atoms with van der Waals surface area (Å²) >= 11 is 0. The molecule has 2 atom stereocenters. The van der Waals surface area contributed by atoms with Gasteiger partial charge in [0.05, 0.1) is 6.42 Å². The third-order valence-corrected chi connectivity index (χ3v) is 7.08. The lowest BCUT2D eigenvalue weighted by Crippen LogP contribution is -2.55. The number of nitrogens with zero attached hydrogens (tertiary/aromatic N) is 1. The molecule has 0 aromatic heterocycles. The first-order chi connectivity index (χ1) is 21.1. The third kappa shape index (κ3) is 10.6. The van der Waals surface area contributed by atoms with E-state index in [1.54, 1.807) is 13.8 Å². The van der Waals surface area contributed by atoms with Crippen LogP contribution in [0.5, 0.6) is 0 Å². The molecule has 234 valence electrons. The van der Waals surface area contributed by atoms with Crippen molar-refractivity contribution in [1.82, 2.24) is 20.9 Å². The molecule has 0 heterocycles. The van der Waals surface area contributed by atoms with Gasteiger partial charge in [-0.15, -0.1) is 0 Å². The first-order valence-electron chi connectivity index (χ1n) is 14.5. The van der Waals surface area contributed by atoms with Crippen molar-refractivity contribution in [2.45, 2.75) is 58.2 Å². The van der Waals surface area contributed by atoms with Crippen LogP contribution in [0.3, 0.4) is 0 Å². The molecule has 0 saturated heterocycles. The zero-order valence-corrected chi connectivity index (χ0v) is 24.7. The Morgan fingerprint density at radius 1 is 0.750 bits per heavy atom. The average molecular weight is 611 g/mol. The number of halogens is 3. The molecular weight excluding hydrogens is 573 g/mol. The van der Waals surface area contributed by atoms with E-state index in [0.29, 0.717) is 31.1 Å². The molecule has 0 aliphatic heterocycles. The summed E-state index contributed by atoms with van der Waals surface area (Å²) < 4.78 is 41.0. The molecular formula is C33H37F3N4O4. The van der Waals surface area contributed by atoms with Gasteiger partial charge >= 0.3 is 0 Å². The summed E-state index contributed by atoms with van der Waals surface area (Å²) in [5.74, 6) is -4.38. The molecule has 0 unspecified atom stereocenters. The van der Waals surface area contributed by atoms with Gasteiger partial charge in [-0.1, -0.05) is 48.5 Å². The number of amides is 4. The van der Waals surface area contributed by atoms with Crippen molar-refractivity contribution in [3.63, 3.8) is 0 Å². The summed E-state index contributed by atoms with van der Waals surface area (Å²) in [5, 5.41) is 7.80. The largest absolute Gasteiger partial charge is 0.350 e. The molecule has 11 heteroatoms. The highest BCUT2D eigenvalue weighted by Gasteiger charge is 2.30. The lowest BCUT2D eigenvalue weighted by molar-refractivity contribution is -0.137. The highest BCUT2D eigenvalue weighted by atomic mass is 19.1. The maximum Gasteiger partial charge on any atom is 0.243 e. The molecule has 3 rings (SSSR count). The van der Waals surface area contributed by atoms with Gasteiger partial charge in [0.15, 0.2) is 0 Å². The fourth-order valence-electron chi connectivity index (χ4n) is 4.57. The Morgan fingerprint density at radius 2 is 1.41 bits per heavy atom. The molecule has 0 spiro atoms. The first kappa shape index (κ1) is 33.8. The second-order valence-corrected chi connectivity index (χ2v) is 10.2. The molecule has 0 bridgehead atoms. The van der Waals surface area contributed by atoms with E-state index in [-0.39, 0.29) is 37.3 Å². The molecule has 0 aliphatic rings. The molecule has 44 heavy (non-hydrogen) atoms. The van der Waals surface area contributed by atoms with Crippen LogP contribution in [-0.4, -0.2) is 53.7 Å². The van der Waals surface area contributed by atoms with E-state index in [2.05, 4.69) is 16.0 Å². The Balaban J connectivity index is 1.79. The predicted octanol–water partition coefficient (Wildman–Crippen LogP) is 3.82. The maximum atomic E-state index is 14.2. The van der Waals surface area contributed by atoms with Crippen molar-refractivity contribution in [3.05, 3.63) is 107 Å². The quantitative estimate of drug-likeness (QED) is 0.243. The van der Waals surface area contributed by atoms with Crippen LogP contribution >= 0.6 is 0 Å². The molecule has 0 radical (unpaired) electrons. The maximum absolute atomic E-state index is 14.2. The Kier molecular flexibility index (Phi) is 12.9. The van der Waals surface area contributed by atoms with Crippen LogP contribution in [0.25, 0.3) is 0 Å². The molecule has 4 amide bonds. The second kappa shape index (κ2) is 16.8. The Hall–Kier alpha value is -4.67. The van der Waals surface area contributed by atoms with Crippen molar-refractivity contribution < 1.29 is 32.3 Å². The van der Waals surface area contributed by atoms with E-state index in [1.807, 2.05) is 30.3 Å². The second-order valence-electron chi connectivity index (χ2n) is 10.2. The van der Waals surface area contributed by atoms with Crippen LogP contribution in [0.15, 0.2) is 72.8 Å². The Bertz CT molecular complexity index is 1420. The first-order valence-corrected chi connectivity index (χ1v) is 14.5. The van der Waals surface area contributed by atoms with Crippen molar-refractivity contribution in [2.75, 3.05) is 13.1 Å². The van der Waals surface area contributed by atoms with E-state index < -0.39 is 47.3 Å². The number of rotatable bonds is 15. The number of carbonyl (C=O) groups is 4. The predicted molar refractivity (Wildman–Crippen MR) is 159 cm³/mol. The van der Waals surface area contributed by atoms with Gasteiger partial charge < -0.3 is 20.9 Å². The van der Waals surface area contributed by atoms with Crippen LogP contribution in [0, 0.1) is 17.5 Å². The standard InChI is InChI=1S/C33H37F3N4O4/c1-3-40(4-2)31(42)20-29(38-30(41)17-12-22-8-6-5-7-9-22)33(44)39-28(18-23-10-14-25(34)15-11-23)32(43)37-21-24-13-16-26(35)19-27(24)36/h5-11,13-16,19,28-29H,3-4,12,17-18,20-21H2,1-2H3,(H,37,43)(H,38,41)(H,39,44)/t28-,29-/m0/s1. The van der Waals surface area contributed by atoms with Crippen LogP contribution in [0.4, 0.5) is 13.2 Å². The number of nitrogens with one attached hydrogen (secondary N) is 3. The number of hydrogen-bond donors (Lipinski definition) is 3. The molecule has 0 fully saturated rings. The Morgan fingerprint density at radius 3 is 2.05 bits per heavy atom. The van der Waals surface area contributed by atoms with Crippen LogP contribution < -0.4 is 16.0 Å². The normalized spacial score (nSPS) is 12.1. The SMILES string of the molecule is CCN(CC)C(=O)C[C@H](NC(=O)CCc1ccccc1)C(=O)N[C@@H](Cc1ccc(F)cc1)C(=O)NCc1ccc(F)cc1F. The van der Waals surface area contributed by atoms with E-state index in [4.69, 9.17) is 0 Å². The number of benzene rings is 3. The zero-order chi connectivity index (χ0) is 32.1. The van der Waals surface area contributed by atoms with Crippen molar-refractivity contribution in [1.29, 1.82) is 0 Å². The lowest BCUT2D eigenvalue weighted by atomic mass is 10.0. The van der Waals surface area contributed by atoms with E-state index in [0.717, 1.165) is 11.6 Å². The van der Waals surface area contributed by atoms with Gasteiger partial charge in [0.1, 0.15) is 29.5 Å². The summed E-state index contributed by atoms with van der Waals surface area (Å²) in [7, 11) is 0. The van der Waals surface area contributed by atoms with Gasteiger partial charge in [-0.05, 0) is 49.6 Å². The molecule has 0 saturated carbocycles. The summed E-state index contributed by atoms with van der Waals surface area (Å²) in [6.07, 6.45) is 0.0786. The Labute approximate surface area is 255 Å². The van der Waals surface area contributed by atoms with Crippen molar-refractivity contribution >= 4 is 23.6 Å². The van der Waals surface area contributed by atoms with Gasteiger partial charge in [-0.2, -0.15) is 0 Å². The summed E-state index contributed by atoms with van der Waals surface area (Å²) in [6.45, 7) is 4.10. The van der Waals surface area contributed by atoms with Gasteiger partial charge in [0, 0.05) is 44.1 Å². The number of hydrogen-bond acceptors (Lipinski definition) is 4. The van der Waals surface area contributed by atoms with Crippen molar-refractivity contribution in [2.24, 2.45) is 0 Å². The monoisotopic (exact) mass is 610 g/mol. The van der Waals surface area contributed by atoms with Gasteiger partial charge in [0.2, 0.25) is 23.6 Å². The van der Waals surface area contributed by atoms with E-state index in [1.165, 1.54) is 35.2 Å². The van der Waals surface area contributed by atoms with E-state index >= 15 is 0 Å². The zero-order valence-electron chi connectivity index (χ0n) is 24.7. The lowest BCUT2D eigenvalue weighted by Gasteiger charge is -2.25. The molecule has 3 N–H and O–H groups in total. The van der Waals surface area contributed by atoms with E-state index in [9.17, 15) is 32.3 Å². The van der Waals surface area contributed by atoms with Gasteiger partial charge in [-0.25, -0.2) is 13.2 Å². The fourth-order valence-corrected chi connectivity index (χ4v) is 4.57. The highest BCUT2D eigenvalue weighted by molar-refractivity contribution is 5.95. The molecule has 3 aromatic rings. The van der Waals surface area contributed by atoms with Crippen LogP contribution in [-0.2, 0) is 38.6 Å². The molecule has 3 aromatic carbocycles. The summed E-state index contributed by atoms with van der Waals surface area (Å²) in [6, 6.07) is 15.0. The van der Waals surface area contributed by atoms with Crippen LogP contribution in [0.1, 0.15) is 43.4 Å². The number of carbonyl (C=O) groups excluding carboxylic acids is 4. The smallest absolute Gasteiger partial charge is 0.243 e. The minimum absolute atomic E-state index is 0.0278. The van der Waals surface area contributed by atoms with Gasteiger partial charge in [-0.3, -0.25) is 19.2 Å². The average Bonchev–Trinajstić information content (AvgIpc) is 3.01. The number of aryl methyl sites for hydroxylation is 1. The molecule has 0 aliphatic carbocycles. The minimum atomic E-state index is -1.29. The third-order valence-electron chi connectivity index (χ3n) is 7.08. The molecule has 8 nitrogen and oxygen atoms in total. The topological polar surface area (TPSA) is 108 Å². The van der Waals surface area contributed by atoms with Gasteiger partial charge in [0.25, 0.3) is 0 Å². The van der Waals surface area contributed by atoms with Crippen molar-refractivity contribution in [3.8, 4) is 0 Å². The summed E-state index contributed by atoms with van der Waals surface area (Å²) in [4.78, 5) is 54.2. The summed E-state index contributed by atoms with van der Waals surface area (Å²) in [5.41, 5.74) is 1.47. The highest BCUT2D eigenvalue weighted by Crippen LogP contribution is 2.11. The van der Waals surface area contributed by atoms with Crippen LogP contribution in [0.2, 0.25) is 0 Å². The minimum Gasteiger partial charge on any atom is -0.350 e. The fraction of sp³-hybridized carbons (Fsp3) is 0.333.